The molecule has 6 heteroatoms. The number of amides is 2. The summed E-state index contributed by atoms with van der Waals surface area (Å²) >= 11 is 0. The van der Waals surface area contributed by atoms with E-state index in [4.69, 9.17) is 0 Å². The van der Waals surface area contributed by atoms with E-state index in [9.17, 15) is 19.6 Å². The van der Waals surface area contributed by atoms with Crippen LogP contribution in [0.5, 0.6) is 0 Å². The average molecular weight is 622 g/mol. The van der Waals surface area contributed by atoms with Crippen LogP contribution in [-0.2, 0) is 9.59 Å². The molecule has 2 fully saturated rings. The molecule has 4 atom stereocenters. The van der Waals surface area contributed by atoms with E-state index in [1.165, 1.54) is 6.42 Å². The lowest BCUT2D eigenvalue weighted by molar-refractivity contribution is -0.131. The molecule has 0 bridgehead atoms. The summed E-state index contributed by atoms with van der Waals surface area (Å²) in [4.78, 5) is 41.8. The maximum absolute atomic E-state index is 13.6. The lowest BCUT2D eigenvalue weighted by Crippen LogP contribution is -2.56. The smallest absolute Gasteiger partial charge is 0.317 e. The Bertz CT molecular complexity index is 1240. The number of Topliss-reactive ketones (excluding diaryl/α,β-unsaturated/α-hetero) is 1. The zero-order valence-corrected chi connectivity index (χ0v) is 30.5. The van der Waals surface area contributed by atoms with Crippen LogP contribution in [0.2, 0.25) is 0 Å². The second-order valence-corrected chi connectivity index (χ2v) is 17.4. The molecule has 3 rings (SSSR count). The van der Waals surface area contributed by atoms with Crippen molar-refractivity contribution in [3.8, 4) is 6.07 Å². The lowest BCUT2D eigenvalue weighted by atomic mass is 9.42. The molecule has 1 N–H and O–H groups in total. The molecule has 0 spiro atoms. The van der Waals surface area contributed by atoms with Gasteiger partial charge < -0.3 is 10.2 Å². The van der Waals surface area contributed by atoms with Crippen molar-refractivity contribution in [1.29, 1.82) is 5.26 Å². The number of ketones is 2. The molecule has 1 saturated heterocycles. The third-order valence-corrected chi connectivity index (χ3v) is 12.6. The van der Waals surface area contributed by atoms with Gasteiger partial charge in [0.2, 0.25) is 0 Å². The number of rotatable bonds is 11. The normalized spacial score (nSPS) is 29.3. The highest BCUT2D eigenvalue weighted by atomic mass is 16.2. The number of carbonyl (C=O) groups is 3. The molecule has 1 aliphatic heterocycles. The van der Waals surface area contributed by atoms with Crippen molar-refractivity contribution in [2.45, 2.75) is 152 Å². The van der Waals surface area contributed by atoms with Crippen LogP contribution in [0.3, 0.4) is 0 Å². The van der Waals surface area contributed by atoms with Gasteiger partial charge in [0.1, 0.15) is 6.07 Å². The Morgan fingerprint density at radius 1 is 1.00 bits per heavy atom. The third-order valence-electron chi connectivity index (χ3n) is 12.6. The topological polar surface area (TPSA) is 90.3 Å². The van der Waals surface area contributed by atoms with Crippen molar-refractivity contribution >= 4 is 17.6 Å². The van der Waals surface area contributed by atoms with Crippen molar-refractivity contribution in [1.82, 2.24) is 10.2 Å². The fraction of sp³-hybridized carbons (Fsp3) is 0.795. The van der Waals surface area contributed by atoms with Gasteiger partial charge in [0, 0.05) is 29.5 Å². The van der Waals surface area contributed by atoms with Gasteiger partial charge in [0.25, 0.3) is 0 Å². The first-order chi connectivity index (χ1) is 20.7. The molecule has 0 radical (unpaired) electrons. The second-order valence-electron chi connectivity index (χ2n) is 17.4. The summed E-state index contributed by atoms with van der Waals surface area (Å²) in [5.74, 6) is -0.102. The van der Waals surface area contributed by atoms with Crippen LogP contribution < -0.4 is 5.32 Å². The van der Waals surface area contributed by atoms with Crippen molar-refractivity contribution in [3.63, 3.8) is 0 Å². The van der Waals surface area contributed by atoms with Gasteiger partial charge in [-0.25, -0.2) is 4.79 Å². The number of nitriles is 1. The Kier molecular flexibility index (Phi) is 11.0. The zero-order chi connectivity index (χ0) is 34.1. The predicted octanol–water partition coefficient (Wildman–Crippen LogP) is 9.35. The number of piperidine rings is 1. The summed E-state index contributed by atoms with van der Waals surface area (Å²) in [5, 5.41) is 13.5. The number of hydrogen-bond donors (Lipinski definition) is 1. The van der Waals surface area contributed by atoms with Crippen LogP contribution in [-0.4, -0.2) is 41.1 Å². The van der Waals surface area contributed by atoms with Gasteiger partial charge in [-0.15, -0.1) is 0 Å². The van der Waals surface area contributed by atoms with Crippen LogP contribution in [0.25, 0.3) is 0 Å². The number of nitrogens with one attached hydrogen (secondary N) is 1. The van der Waals surface area contributed by atoms with E-state index in [1.807, 2.05) is 30.9 Å². The molecule has 2 amide bonds. The molecular weight excluding hydrogens is 558 g/mol. The first-order valence-corrected chi connectivity index (χ1v) is 17.7. The summed E-state index contributed by atoms with van der Waals surface area (Å²) in [6, 6.07) is 2.25. The minimum Gasteiger partial charge on any atom is -0.333 e. The summed E-state index contributed by atoms with van der Waals surface area (Å²) in [7, 11) is 0. The van der Waals surface area contributed by atoms with Crippen LogP contribution in [0.4, 0.5) is 4.79 Å². The molecule has 2 aliphatic carbocycles. The summed E-state index contributed by atoms with van der Waals surface area (Å²) in [6.07, 6.45) is 14.6. The standard InChI is InChI=1S/C39H63N3O3/c1-12-17-34(3,4)19-21-37(9,41-33(45)42-23-14-13-15-24-42)22-20-35(5,6)39(11)18-16-30-36(7,8)32(44)29(27-40)26-38(30,10)31(39)25-28(2)43/h25-26,30H,12-24H2,1-11H3,(H,41,45)/b31-25-/t30-,37-,38-,39+/m0/s1. The summed E-state index contributed by atoms with van der Waals surface area (Å²) < 4.78 is 0. The molecule has 6 nitrogen and oxygen atoms in total. The average Bonchev–Trinajstić information content (AvgIpc) is 2.95. The SMILES string of the molecule is CCCC(C)(C)CC[C@@](C)(CCC(C)(C)[C@]1(C)CC[C@H]2C(C)(C)C(=O)C(C#N)=C[C@]2(C)/C1=C/C(C)=O)NC(=O)N1CCCCC1. The maximum atomic E-state index is 13.6. The molecule has 1 heterocycles. The molecule has 3 aliphatic rings. The van der Waals surface area contributed by atoms with Gasteiger partial charge >= 0.3 is 6.03 Å². The van der Waals surface area contributed by atoms with E-state index >= 15 is 0 Å². The van der Waals surface area contributed by atoms with Gasteiger partial charge in [-0.3, -0.25) is 9.59 Å². The molecule has 0 aromatic rings. The number of allylic oxidation sites excluding steroid dienone is 4. The van der Waals surface area contributed by atoms with Gasteiger partial charge in [0.15, 0.2) is 11.6 Å². The Hall–Kier alpha value is -2.42. The zero-order valence-electron chi connectivity index (χ0n) is 30.5. The Morgan fingerprint density at radius 3 is 2.16 bits per heavy atom. The highest BCUT2D eigenvalue weighted by Gasteiger charge is 2.61. The van der Waals surface area contributed by atoms with E-state index in [-0.39, 0.29) is 50.9 Å². The number of hydrogen-bond acceptors (Lipinski definition) is 4. The highest BCUT2D eigenvalue weighted by molar-refractivity contribution is 6.04. The van der Waals surface area contributed by atoms with Crippen molar-refractivity contribution in [2.75, 3.05) is 13.1 Å². The molecule has 252 valence electrons. The quantitative estimate of drug-likeness (QED) is 0.233. The largest absolute Gasteiger partial charge is 0.333 e. The first kappa shape index (κ1) is 37.0. The van der Waals surface area contributed by atoms with E-state index in [1.54, 1.807) is 6.92 Å². The van der Waals surface area contributed by atoms with Gasteiger partial charge in [-0.2, -0.15) is 5.26 Å². The maximum Gasteiger partial charge on any atom is 0.317 e. The Morgan fingerprint density at radius 2 is 1.60 bits per heavy atom. The summed E-state index contributed by atoms with van der Waals surface area (Å²) in [6.45, 7) is 25.4. The minimum absolute atomic E-state index is 0.000955. The van der Waals surface area contributed by atoms with Gasteiger partial charge in [-0.05, 0) is 106 Å². The van der Waals surface area contributed by atoms with E-state index in [0.717, 1.165) is 82.9 Å². The number of carbonyl (C=O) groups excluding carboxylic acids is 3. The lowest BCUT2D eigenvalue weighted by Gasteiger charge is -2.61. The minimum atomic E-state index is -0.696. The van der Waals surface area contributed by atoms with E-state index in [0.29, 0.717) is 0 Å². The number of nitrogens with zero attached hydrogens (tertiary/aromatic N) is 2. The molecule has 0 unspecified atom stereocenters. The number of fused-ring (bicyclic) bond motifs is 1. The van der Waals surface area contributed by atoms with Gasteiger partial charge in [0.05, 0.1) is 5.57 Å². The van der Waals surface area contributed by atoms with Crippen molar-refractivity contribution in [3.05, 3.63) is 23.3 Å². The van der Waals surface area contributed by atoms with Crippen LogP contribution in [0, 0.1) is 44.3 Å². The summed E-state index contributed by atoms with van der Waals surface area (Å²) in [5.41, 5.74) is -0.786. The fourth-order valence-corrected chi connectivity index (χ4v) is 9.08. The fourth-order valence-electron chi connectivity index (χ4n) is 9.08. The molecule has 1 saturated carbocycles. The van der Waals surface area contributed by atoms with E-state index in [2.05, 4.69) is 66.8 Å². The third kappa shape index (κ3) is 7.60. The highest BCUT2D eigenvalue weighted by Crippen LogP contribution is 2.67. The molecular formula is C39H63N3O3. The first-order valence-electron chi connectivity index (χ1n) is 17.7. The van der Waals surface area contributed by atoms with Crippen molar-refractivity contribution in [2.24, 2.45) is 33.0 Å². The molecule has 0 aromatic carbocycles. The molecule has 0 aromatic heterocycles. The Labute approximate surface area is 274 Å². The predicted molar refractivity (Wildman–Crippen MR) is 183 cm³/mol. The van der Waals surface area contributed by atoms with Crippen LogP contribution >= 0.6 is 0 Å². The van der Waals surface area contributed by atoms with Crippen LogP contribution in [0.1, 0.15) is 147 Å². The monoisotopic (exact) mass is 621 g/mol. The van der Waals surface area contributed by atoms with Crippen molar-refractivity contribution < 1.29 is 14.4 Å². The Balaban J connectivity index is 1.99. The van der Waals surface area contributed by atoms with Gasteiger partial charge in [-0.1, -0.05) is 80.4 Å². The molecule has 45 heavy (non-hydrogen) atoms. The number of likely N-dealkylation sites (tertiary alicyclic amines) is 1. The number of urea groups is 1. The van der Waals surface area contributed by atoms with Crippen LogP contribution in [0.15, 0.2) is 23.3 Å². The second kappa shape index (κ2) is 13.4. The van der Waals surface area contributed by atoms with E-state index < -0.39 is 10.8 Å².